The molecular formula is C13H11ClN4OS. The highest BCUT2D eigenvalue weighted by atomic mass is 35.5. The predicted molar refractivity (Wildman–Crippen MR) is 81.0 cm³/mol. The van der Waals surface area contributed by atoms with E-state index in [9.17, 15) is 0 Å². The first-order valence-electron chi connectivity index (χ1n) is 5.86. The van der Waals surface area contributed by atoms with Crippen LogP contribution in [0.2, 0.25) is 5.02 Å². The first-order chi connectivity index (χ1) is 9.78. The fourth-order valence-electron chi connectivity index (χ4n) is 1.78. The summed E-state index contributed by atoms with van der Waals surface area (Å²) in [5.74, 6) is 7.22. The van der Waals surface area contributed by atoms with Crippen molar-refractivity contribution < 1.29 is 4.74 Å². The number of nitrogen functional groups attached to an aromatic ring is 1. The van der Waals surface area contributed by atoms with Crippen molar-refractivity contribution >= 4 is 39.0 Å². The number of hydrogen-bond donors (Lipinski definition) is 2. The van der Waals surface area contributed by atoms with Gasteiger partial charge in [0.05, 0.1) is 10.4 Å². The van der Waals surface area contributed by atoms with Gasteiger partial charge >= 0.3 is 0 Å². The molecule has 2 aromatic heterocycles. The summed E-state index contributed by atoms with van der Waals surface area (Å²) in [5.41, 5.74) is 2.58. The molecule has 0 amide bonds. The Morgan fingerprint density at radius 3 is 2.90 bits per heavy atom. The molecule has 0 unspecified atom stereocenters. The van der Waals surface area contributed by atoms with Crippen molar-refractivity contribution in [3.05, 3.63) is 46.6 Å². The molecule has 0 fully saturated rings. The van der Waals surface area contributed by atoms with Gasteiger partial charge in [-0.15, -0.1) is 11.3 Å². The van der Waals surface area contributed by atoms with Gasteiger partial charge in [0.25, 0.3) is 0 Å². The molecule has 3 N–H and O–H groups in total. The lowest BCUT2D eigenvalue weighted by Crippen LogP contribution is -2.11. The van der Waals surface area contributed by atoms with E-state index in [1.54, 1.807) is 12.1 Å². The third kappa shape index (κ3) is 2.53. The van der Waals surface area contributed by atoms with Gasteiger partial charge in [-0.2, -0.15) is 0 Å². The van der Waals surface area contributed by atoms with Gasteiger partial charge in [0.15, 0.2) is 11.6 Å². The van der Waals surface area contributed by atoms with Crippen LogP contribution in [0.5, 0.6) is 5.75 Å². The number of aromatic nitrogens is 2. The minimum absolute atomic E-state index is 0.228. The molecule has 0 atom stereocenters. The molecule has 0 aliphatic rings. The largest absolute Gasteiger partial charge is 0.484 e. The van der Waals surface area contributed by atoms with Crippen molar-refractivity contribution in [3.8, 4) is 5.75 Å². The molecule has 0 saturated heterocycles. The van der Waals surface area contributed by atoms with Crippen LogP contribution in [0.3, 0.4) is 0 Å². The average Bonchev–Trinajstić information content (AvgIpc) is 2.94. The van der Waals surface area contributed by atoms with Crippen LogP contribution in [-0.2, 0) is 6.61 Å². The summed E-state index contributed by atoms with van der Waals surface area (Å²) in [6, 6.07) is 9.20. The Bertz CT molecular complexity index is 746. The number of para-hydroxylation sites is 1. The molecule has 0 radical (unpaired) electrons. The Labute approximate surface area is 124 Å². The summed E-state index contributed by atoms with van der Waals surface area (Å²) in [6.45, 7) is 0.228. The summed E-state index contributed by atoms with van der Waals surface area (Å²) in [6.07, 6.45) is 0. The van der Waals surface area contributed by atoms with Gasteiger partial charge in [0.1, 0.15) is 17.2 Å². The number of fused-ring (bicyclic) bond motifs is 1. The molecule has 0 aliphatic carbocycles. The summed E-state index contributed by atoms with van der Waals surface area (Å²) < 4.78 is 5.63. The van der Waals surface area contributed by atoms with Gasteiger partial charge in [-0.3, -0.25) is 0 Å². The zero-order valence-corrected chi connectivity index (χ0v) is 11.9. The SMILES string of the molecule is NNc1nc(COc2ccccc2Cl)nc2sccc12. The van der Waals surface area contributed by atoms with Crippen molar-refractivity contribution in [1.82, 2.24) is 9.97 Å². The monoisotopic (exact) mass is 306 g/mol. The van der Waals surface area contributed by atoms with E-state index >= 15 is 0 Å². The van der Waals surface area contributed by atoms with E-state index in [1.165, 1.54) is 11.3 Å². The summed E-state index contributed by atoms with van der Waals surface area (Å²) >= 11 is 7.56. The molecule has 20 heavy (non-hydrogen) atoms. The van der Waals surface area contributed by atoms with Crippen LogP contribution < -0.4 is 16.0 Å². The van der Waals surface area contributed by atoms with Crippen molar-refractivity contribution in [2.45, 2.75) is 6.61 Å². The number of hydrogen-bond acceptors (Lipinski definition) is 6. The molecule has 2 heterocycles. The molecule has 102 valence electrons. The number of nitrogens with two attached hydrogens (primary N) is 1. The molecule has 0 bridgehead atoms. The van der Waals surface area contributed by atoms with E-state index in [2.05, 4.69) is 15.4 Å². The topological polar surface area (TPSA) is 73.1 Å². The van der Waals surface area contributed by atoms with Gasteiger partial charge in [0, 0.05) is 0 Å². The van der Waals surface area contributed by atoms with Gasteiger partial charge < -0.3 is 10.2 Å². The third-order valence-electron chi connectivity index (χ3n) is 2.70. The molecule has 3 rings (SSSR count). The number of nitrogens with one attached hydrogen (secondary N) is 1. The minimum atomic E-state index is 0.228. The average molecular weight is 307 g/mol. The maximum Gasteiger partial charge on any atom is 0.169 e. The van der Waals surface area contributed by atoms with Gasteiger partial charge in [-0.1, -0.05) is 23.7 Å². The third-order valence-corrected chi connectivity index (χ3v) is 3.82. The Kier molecular flexibility index (Phi) is 3.68. The van der Waals surface area contributed by atoms with E-state index in [0.717, 1.165) is 10.2 Å². The standard InChI is InChI=1S/C13H11ClN4OS/c14-9-3-1-2-4-10(9)19-7-11-16-12(18-15)8-5-6-20-13(8)17-11/h1-6H,7,15H2,(H,16,17,18). The zero-order valence-electron chi connectivity index (χ0n) is 10.3. The minimum Gasteiger partial charge on any atom is -0.484 e. The molecule has 5 nitrogen and oxygen atoms in total. The highest BCUT2D eigenvalue weighted by Gasteiger charge is 2.09. The van der Waals surface area contributed by atoms with Crippen molar-refractivity contribution in [2.24, 2.45) is 5.84 Å². The van der Waals surface area contributed by atoms with Crippen LogP contribution in [-0.4, -0.2) is 9.97 Å². The zero-order chi connectivity index (χ0) is 13.9. The van der Waals surface area contributed by atoms with E-state index < -0.39 is 0 Å². The Morgan fingerprint density at radius 2 is 2.10 bits per heavy atom. The number of rotatable bonds is 4. The van der Waals surface area contributed by atoms with Crippen LogP contribution >= 0.6 is 22.9 Å². The second-order valence-corrected chi connectivity index (χ2v) is 5.29. The number of ether oxygens (including phenoxy) is 1. The maximum absolute atomic E-state index is 6.03. The number of hydrazine groups is 1. The van der Waals surface area contributed by atoms with E-state index in [0.29, 0.717) is 22.4 Å². The number of anilines is 1. The van der Waals surface area contributed by atoms with E-state index in [1.807, 2.05) is 23.6 Å². The second-order valence-electron chi connectivity index (χ2n) is 3.99. The maximum atomic E-state index is 6.03. The lowest BCUT2D eigenvalue weighted by molar-refractivity contribution is 0.297. The van der Waals surface area contributed by atoms with E-state index in [-0.39, 0.29) is 6.61 Å². The van der Waals surface area contributed by atoms with Crippen LogP contribution in [0.1, 0.15) is 5.82 Å². The lowest BCUT2D eigenvalue weighted by Gasteiger charge is -2.08. The van der Waals surface area contributed by atoms with E-state index in [4.69, 9.17) is 22.2 Å². The molecular weight excluding hydrogens is 296 g/mol. The van der Waals surface area contributed by atoms with Crippen molar-refractivity contribution in [3.63, 3.8) is 0 Å². The summed E-state index contributed by atoms with van der Waals surface area (Å²) in [5, 5.41) is 3.40. The smallest absolute Gasteiger partial charge is 0.169 e. The Morgan fingerprint density at radius 1 is 1.25 bits per heavy atom. The number of benzene rings is 1. The molecule has 0 spiro atoms. The first-order valence-corrected chi connectivity index (χ1v) is 7.12. The first kappa shape index (κ1) is 13.1. The summed E-state index contributed by atoms with van der Waals surface area (Å²) in [7, 11) is 0. The van der Waals surface area contributed by atoms with Crippen LogP contribution in [0.25, 0.3) is 10.2 Å². The molecule has 1 aromatic carbocycles. The molecule has 0 saturated carbocycles. The fourth-order valence-corrected chi connectivity index (χ4v) is 2.75. The highest BCUT2D eigenvalue weighted by Crippen LogP contribution is 2.26. The van der Waals surface area contributed by atoms with Crippen molar-refractivity contribution in [1.29, 1.82) is 0 Å². The number of nitrogens with zero attached hydrogens (tertiary/aromatic N) is 2. The molecule has 3 aromatic rings. The van der Waals surface area contributed by atoms with Crippen LogP contribution in [0.15, 0.2) is 35.7 Å². The van der Waals surface area contributed by atoms with Gasteiger partial charge in [0.2, 0.25) is 0 Å². The molecule has 7 heteroatoms. The quantitative estimate of drug-likeness (QED) is 0.572. The summed E-state index contributed by atoms with van der Waals surface area (Å²) in [4.78, 5) is 9.63. The molecule has 0 aliphatic heterocycles. The van der Waals surface area contributed by atoms with Crippen LogP contribution in [0, 0.1) is 0 Å². The Hall–Kier alpha value is -1.89. The fraction of sp³-hybridized carbons (Fsp3) is 0.0769. The predicted octanol–water partition coefficient (Wildman–Crippen LogP) is 3.21. The van der Waals surface area contributed by atoms with Crippen molar-refractivity contribution in [2.75, 3.05) is 5.43 Å². The van der Waals surface area contributed by atoms with Gasteiger partial charge in [-0.05, 0) is 23.6 Å². The second kappa shape index (κ2) is 5.62. The Balaban J connectivity index is 1.86. The lowest BCUT2D eigenvalue weighted by atomic mass is 10.3. The number of thiophene rings is 1. The van der Waals surface area contributed by atoms with Crippen LogP contribution in [0.4, 0.5) is 5.82 Å². The highest BCUT2D eigenvalue weighted by molar-refractivity contribution is 7.16. The normalized spacial score (nSPS) is 10.7. The van der Waals surface area contributed by atoms with Gasteiger partial charge in [-0.25, -0.2) is 15.8 Å². The number of halogens is 1.